The number of carbonyl (C=O) groups excluding carboxylic acids is 2. The number of aromatic nitrogens is 1. The summed E-state index contributed by atoms with van der Waals surface area (Å²) < 4.78 is 13.4. The molecule has 0 aliphatic carbocycles. The topological polar surface area (TPSA) is 94.1 Å². The smallest absolute Gasteiger partial charge is 0.339 e. The van der Waals surface area contributed by atoms with Crippen LogP contribution in [0, 0.1) is 0 Å². The van der Waals surface area contributed by atoms with Crippen molar-refractivity contribution in [2.75, 3.05) is 13.1 Å². The second kappa shape index (κ2) is 13.0. The summed E-state index contributed by atoms with van der Waals surface area (Å²) >= 11 is 13.6. The Kier molecular flexibility index (Phi) is 9.29. The number of esters is 1. The molecule has 11 heteroatoms. The lowest BCUT2D eigenvalue weighted by Gasteiger charge is -2.29. The second-order valence-electron chi connectivity index (χ2n) is 10.5. The minimum atomic E-state index is -0.688. The van der Waals surface area contributed by atoms with Crippen LogP contribution in [0.2, 0.25) is 10.0 Å². The SMILES string of the molecule is CCN(CC)C(=O)C1=C(C)N=c2s/c(=C\c3ccc(-c4cc(Cl)ccc4C(=O)OC(C)C)o3)c(=O)n2[C@@H]1c1ccc(Cl)cc1. The molecule has 8 nitrogen and oxygen atoms in total. The molecule has 4 aromatic rings. The van der Waals surface area contributed by atoms with E-state index in [0.29, 0.717) is 66.4 Å². The maximum absolute atomic E-state index is 14.0. The first-order valence-electron chi connectivity index (χ1n) is 14.2. The van der Waals surface area contributed by atoms with Gasteiger partial charge in [0.1, 0.15) is 11.5 Å². The second-order valence-corrected chi connectivity index (χ2v) is 12.3. The van der Waals surface area contributed by atoms with Crippen LogP contribution >= 0.6 is 34.5 Å². The molecule has 0 saturated heterocycles. The largest absolute Gasteiger partial charge is 0.459 e. The number of rotatable bonds is 8. The third-order valence-electron chi connectivity index (χ3n) is 7.20. The highest BCUT2D eigenvalue weighted by Gasteiger charge is 2.34. The third-order valence-corrected chi connectivity index (χ3v) is 8.67. The molecule has 0 N–H and O–H groups in total. The van der Waals surface area contributed by atoms with Gasteiger partial charge in [0.15, 0.2) is 4.80 Å². The number of ether oxygens (including phenoxy) is 1. The van der Waals surface area contributed by atoms with E-state index in [1.165, 1.54) is 11.3 Å². The van der Waals surface area contributed by atoms with Gasteiger partial charge in [-0.25, -0.2) is 9.79 Å². The highest BCUT2D eigenvalue weighted by molar-refractivity contribution is 7.07. The van der Waals surface area contributed by atoms with Gasteiger partial charge in [-0.3, -0.25) is 14.2 Å². The van der Waals surface area contributed by atoms with E-state index in [2.05, 4.69) is 0 Å². The van der Waals surface area contributed by atoms with E-state index in [1.807, 2.05) is 26.0 Å². The molecule has 0 bridgehead atoms. The predicted molar refractivity (Wildman–Crippen MR) is 173 cm³/mol. The number of benzene rings is 2. The lowest BCUT2D eigenvalue weighted by molar-refractivity contribution is -0.127. The number of hydrogen-bond donors (Lipinski definition) is 0. The number of carbonyl (C=O) groups is 2. The molecule has 0 radical (unpaired) electrons. The highest BCUT2D eigenvalue weighted by atomic mass is 35.5. The van der Waals surface area contributed by atoms with E-state index in [1.54, 1.807) is 78.8 Å². The van der Waals surface area contributed by atoms with E-state index < -0.39 is 12.0 Å². The van der Waals surface area contributed by atoms with Crippen LogP contribution in [0.5, 0.6) is 0 Å². The molecular formula is C33H31Cl2N3O5S. The highest BCUT2D eigenvalue weighted by Crippen LogP contribution is 2.32. The summed E-state index contributed by atoms with van der Waals surface area (Å²) in [6, 6.07) is 14.7. The Morgan fingerprint density at radius 3 is 2.41 bits per heavy atom. The summed E-state index contributed by atoms with van der Waals surface area (Å²) in [4.78, 5) is 47.4. The van der Waals surface area contributed by atoms with E-state index in [4.69, 9.17) is 37.3 Å². The van der Waals surface area contributed by atoms with Crippen molar-refractivity contribution in [2.24, 2.45) is 4.99 Å². The van der Waals surface area contributed by atoms with Crippen LogP contribution in [0.25, 0.3) is 17.4 Å². The Bertz CT molecular complexity index is 1950. The van der Waals surface area contributed by atoms with Crippen LogP contribution in [0.1, 0.15) is 62.3 Å². The Labute approximate surface area is 268 Å². The van der Waals surface area contributed by atoms with Gasteiger partial charge in [0.25, 0.3) is 11.5 Å². The normalized spacial score (nSPS) is 14.9. The molecule has 1 atom stereocenters. The van der Waals surface area contributed by atoms with E-state index >= 15 is 0 Å². The van der Waals surface area contributed by atoms with Gasteiger partial charge in [0, 0.05) is 34.8 Å². The van der Waals surface area contributed by atoms with E-state index in [9.17, 15) is 14.4 Å². The fourth-order valence-electron chi connectivity index (χ4n) is 5.12. The first-order valence-corrected chi connectivity index (χ1v) is 15.8. The van der Waals surface area contributed by atoms with Crippen molar-refractivity contribution in [2.45, 2.75) is 46.8 Å². The molecule has 0 fully saturated rings. The Morgan fingerprint density at radius 1 is 1.07 bits per heavy atom. The van der Waals surface area contributed by atoms with Gasteiger partial charge in [0.2, 0.25) is 0 Å². The van der Waals surface area contributed by atoms with Crippen molar-refractivity contribution in [3.8, 4) is 11.3 Å². The predicted octanol–water partition coefficient (Wildman–Crippen LogP) is 6.24. The van der Waals surface area contributed by atoms with Crippen molar-refractivity contribution in [1.82, 2.24) is 9.47 Å². The Balaban J connectivity index is 1.61. The van der Waals surface area contributed by atoms with Crippen LogP contribution in [-0.2, 0) is 9.53 Å². The molecule has 3 heterocycles. The number of halogens is 2. The standard InChI is InChI=1S/C33H31Cl2N3O5S/c1-6-37(7-2)31(40)28-19(5)36-33-38(29(28)20-8-10-21(34)11-9-20)30(39)27(44-33)17-23-13-15-26(43-23)25-16-22(35)12-14-24(25)32(41)42-18(3)4/h8-18,29H,6-7H2,1-5H3/b27-17-/t29-/m1/s1. The zero-order valence-electron chi connectivity index (χ0n) is 24.9. The summed E-state index contributed by atoms with van der Waals surface area (Å²) in [5, 5.41) is 0.979. The Hall–Kier alpha value is -3.92. The molecule has 44 heavy (non-hydrogen) atoms. The minimum absolute atomic E-state index is 0.172. The molecule has 0 unspecified atom stereocenters. The molecule has 0 spiro atoms. The minimum Gasteiger partial charge on any atom is -0.459 e. The average molecular weight is 653 g/mol. The van der Waals surface area contributed by atoms with Gasteiger partial charge in [-0.05, 0) is 82.6 Å². The first-order chi connectivity index (χ1) is 21.0. The first kappa shape index (κ1) is 31.5. The zero-order valence-corrected chi connectivity index (χ0v) is 27.2. The van der Waals surface area contributed by atoms with Gasteiger partial charge in [0.05, 0.1) is 33.5 Å². The average Bonchev–Trinajstić information content (AvgIpc) is 3.57. The number of hydrogen-bond acceptors (Lipinski definition) is 7. The van der Waals surface area contributed by atoms with Crippen LogP contribution in [0.15, 0.2) is 80.1 Å². The molecular weight excluding hydrogens is 621 g/mol. The van der Waals surface area contributed by atoms with Crippen molar-refractivity contribution in [3.63, 3.8) is 0 Å². The summed E-state index contributed by atoms with van der Waals surface area (Å²) in [6.07, 6.45) is 1.33. The molecule has 5 rings (SSSR count). The number of furan rings is 1. The van der Waals surface area contributed by atoms with Crippen LogP contribution in [0.3, 0.4) is 0 Å². The summed E-state index contributed by atoms with van der Waals surface area (Å²) in [5.74, 6) is 0.121. The molecule has 1 aliphatic heterocycles. The summed E-state index contributed by atoms with van der Waals surface area (Å²) in [7, 11) is 0. The zero-order chi connectivity index (χ0) is 31.7. The van der Waals surface area contributed by atoms with Crippen LogP contribution in [0.4, 0.5) is 0 Å². The lowest BCUT2D eigenvalue weighted by atomic mass is 9.94. The van der Waals surface area contributed by atoms with Gasteiger partial charge in [-0.15, -0.1) is 0 Å². The summed E-state index contributed by atoms with van der Waals surface area (Å²) in [5.41, 5.74) is 2.21. The lowest BCUT2D eigenvalue weighted by Crippen LogP contribution is -2.43. The van der Waals surface area contributed by atoms with Gasteiger partial charge < -0.3 is 14.1 Å². The van der Waals surface area contributed by atoms with Crippen LogP contribution < -0.4 is 14.9 Å². The van der Waals surface area contributed by atoms with Crippen molar-refractivity contribution in [3.05, 3.63) is 112 Å². The number of nitrogens with zero attached hydrogens (tertiary/aromatic N) is 3. The molecule has 1 aliphatic rings. The fourth-order valence-corrected chi connectivity index (χ4v) is 6.44. The third kappa shape index (κ3) is 6.18. The number of thiazole rings is 1. The number of fused-ring (bicyclic) bond motifs is 1. The molecule has 2 aromatic carbocycles. The number of allylic oxidation sites excluding steroid dienone is 1. The van der Waals surface area contributed by atoms with Gasteiger partial charge in [-0.1, -0.05) is 46.7 Å². The van der Waals surface area contributed by atoms with Crippen LogP contribution in [-0.4, -0.2) is 40.5 Å². The quantitative estimate of drug-likeness (QED) is 0.210. The van der Waals surface area contributed by atoms with Crippen molar-refractivity contribution < 1.29 is 18.7 Å². The van der Waals surface area contributed by atoms with Crippen molar-refractivity contribution in [1.29, 1.82) is 0 Å². The fraction of sp³-hybridized carbons (Fsp3) is 0.273. The van der Waals surface area contributed by atoms with E-state index in [-0.39, 0.29) is 17.6 Å². The Morgan fingerprint density at radius 2 is 1.75 bits per heavy atom. The summed E-state index contributed by atoms with van der Waals surface area (Å²) in [6.45, 7) is 10.2. The number of amides is 1. The van der Waals surface area contributed by atoms with Crippen molar-refractivity contribution >= 4 is 52.5 Å². The molecule has 1 amide bonds. The number of likely N-dealkylation sites (N-methyl/N-ethyl adjacent to an activating group) is 1. The monoisotopic (exact) mass is 651 g/mol. The van der Waals surface area contributed by atoms with Gasteiger partial charge in [-0.2, -0.15) is 0 Å². The molecule has 2 aromatic heterocycles. The molecule has 228 valence electrons. The van der Waals surface area contributed by atoms with Gasteiger partial charge >= 0.3 is 5.97 Å². The van der Waals surface area contributed by atoms with E-state index in [0.717, 1.165) is 5.56 Å². The maximum atomic E-state index is 14.0. The maximum Gasteiger partial charge on any atom is 0.339 e. The molecule has 0 saturated carbocycles.